The zero-order valence-corrected chi connectivity index (χ0v) is 11.7. The first kappa shape index (κ1) is 14.9. The number of non-ortho nitro benzene ring substituents is 1. The van der Waals surface area contributed by atoms with Crippen molar-refractivity contribution in [2.45, 2.75) is 11.3 Å². The van der Waals surface area contributed by atoms with Crippen molar-refractivity contribution in [3.63, 3.8) is 0 Å². The number of hydrogen-bond acceptors (Lipinski definition) is 6. The Morgan fingerprint density at radius 1 is 1.10 bits per heavy atom. The van der Waals surface area contributed by atoms with Gasteiger partial charge in [0.15, 0.2) is 0 Å². The zero-order chi connectivity index (χ0) is 15.2. The Balaban J connectivity index is 2.09. The third kappa shape index (κ3) is 3.99. The van der Waals surface area contributed by atoms with E-state index in [4.69, 9.17) is 0 Å². The number of nitro benzene ring substituents is 2. The summed E-state index contributed by atoms with van der Waals surface area (Å²) in [5.74, 6) is 0.607. The Labute approximate surface area is 124 Å². The van der Waals surface area contributed by atoms with Gasteiger partial charge in [-0.15, -0.1) is 11.8 Å². The van der Waals surface area contributed by atoms with E-state index in [0.29, 0.717) is 17.1 Å². The summed E-state index contributed by atoms with van der Waals surface area (Å²) in [7, 11) is 0. The number of aryl methyl sites for hydroxylation is 1. The van der Waals surface area contributed by atoms with Gasteiger partial charge in [0, 0.05) is 23.7 Å². The van der Waals surface area contributed by atoms with Gasteiger partial charge in [-0.05, 0) is 24.6 Å². The average molecular weight is 305 g/mol. The molecule has 0 saturated carbocycles. The van der Waals surface area contributed by atoms with Crippen LogP contribution in [0.4, 0.5) is 11.4 Å². The first-order valence-corrected chi connectivity index (χ1v) is 7.02. The summed E-state index contributed by atoms with van der Waals surface area (Å²) < 4.78 is 0. The molecule has 0 aliphatic carbocycles. The predicted molar refractivity (Wildman–Crippen MR) is 78.4 cm³/mol. The van der Waals surface area contributed by atoms with Crippen LogP contribution in [-0.4, -0.2) is 20.6 Å². The molecule has 1 aromatic carbocycles. The second-order valence-electron chi connectivity index (χ2n) is 4.09. The van der Waals surface area contributed by atoms with Crippen LogP contribution in [0.25, 0.3) is 0 Å². The molecule has 0 amide bonds. The van der Waals surface area contributed by atoms with Crippen LogP contribution in [0.2, 0.25) is 0 Å². The van der Waals surface area contributed by atoms with Crippen molar-refractivity contribution < 1.29 is 9.85 Å². The Morgan fingerprint density at radius 3 is 2.52 bits per heavy atom. The Kier molecular flexibility index (Phi) is 4.83. The largest absolute Gasteiger partial charge is 0.289 e. The number of aromatic nitrogens is 1. The first-order chi connectivity index (χ1) is 10.1. The molecule has 0 aliphatic rings. The molecule has 0 spiro atoms. The number of nitro groups is 2. The van der Waals surface area contributed by atoms with Crippen molar-refractivity contribution in [2.24, 2.45) is 0 Å². The van der Waals surface area contributed by atoms with Crippen LogP contribution in [0.3, 0.4) is 0 Å². The van der Waals surface area contributed by atoms with Crippen LogP contribution >= 0.6 is 11.8 Å². The molecule has 0 aliphatic heterocycles. The van der Waals surface area contributed by atoms with Crippen molar-refractivity contribution in [3.05, 3.63) is 68.5 Å². The SMILES string of the molecule is O=[N+]([O-])c1ccc(SCCc2ccccn2)c([N+](=O)[O-])c1. The molecule has 0 N–H and O–H groups in total. The lowest BCUT2D eigenvalue weighted by Crippen LogP contribution is -1.96. The molecule has 0 radical (unpaired) electrons. The molecule has 21 heavy (non-hydrogen) atoms. The highest BCUT2D eigenvalue weighted by atomic mass is 32.2. The number of nitrogens with zero attached hydrogens (tertiary/aromatic N) is 3. The lowest BCUT2D eigenvalue weighted by Gasteiger charge is -2.03. The predicted octanol–water partition coefficient (Wildman–Crippen LogP) is 3.23. The van der Waals surface area contributed by atoms with Gasteiger partial charge < -0.3 is 0 Å². The van der Waals surface area contributed by atoms with Gasteiger partial charge in [-0.2, -0.15) is 0 Å². The van der Waals surface area contributed by atoms with Gasteiger partial charge in [0.25, 0.3) is 11.4 Å². The van der Waals surface area contributed by atoms with Gasteiger partial charge in [-0.25, -0.2) is 0 Å². The van der Waals surface area contributed by atoms with E-state index in [9.17, 15) is 20.2 Å². The van der Waals surface area contributed by atoms with E-state index in [-0.39, 0.29) is 11.4 Å². The van der Waals surface area contributed by atoms with E-state index in [0.717, 1.165) is 11.8 Å². The molecule has 1 aromatic heterocycles. The minimum Gasteiger partial charge on any atom is -0.261 e. The van der Waals surface area contributed by atoms with Gasteiger partial charge in [-0.3, -0.25) is 25.2 Å². The standard InChI is InChI=1S/C13H11N3O4S/c17-15(18)11-4-5-13(12(9-11)16(19)20)21-8-6-10-3-1-2-7-14-10/h1-5,7,9H,6,8H2. The maximum Gasteiger partial charge on any atom is 0.289 e. The number of rotatable bonds is 6. The van der Waals surface area contributed by atoms with Gasteiger partial charge in [0.2, 0.25) is 0 Å². The van der Waals surface area contributed by atoms with Gasteiger partial charge in [0.1, 0.15) is 0 Å². The highest BCUT2D eigenvalue weighted by Crippen LogP contribution is 2.32. The molecule has 0 saturated heterocycles. The maximum absolute atomic E-state index is 11.0. The zero-order valence-electron chi connectivity index (χ0n) is 10.8. The fourth-order valence-electron chi connectivity index (χ4n) is 1.70. The third-order valence-electron chi connectivity index (χ3n) is 2.69. The van der Waals surface area contributed by atoms with Crippen molar-refractivity contribution in [2.75, 3.05) is 5.75 Å². The summed E-state index contributed by atoms with van der Waals surface area (Å²) in [6.07, 6.45) is 2.36. The monoisotopic (exact) mass is 305 g/mol. The van der Waals surface area contributed by atoms with Gasteiger partial charge >= 0.3 is 0 Å². The summed E-state index contributed by atoms with van der Waals surface area (Å²) in [5, 5.41) is 21.6. The summed E-state index contributed by atoms with van der Waals surface area (Å²) >= 11 is 1.29. The van der Waals surface area contributed by atoms with E-state index in [1.165, 1.54) is 23.9 Å². The van der Waals surface area contributed by atoms with Crippen LogP contribution in [-0.2, 0) is 6.42 Å². The second-order valence-corrected chi connectivity index (χ2v) is 5.22. The first-order valence-electron chi connectivity index (χ1n) is 6.03. The van der Waals surface area contributed by atoms with E-state index in [2.05, 4.69) is 4.98 Å². The van der Waals surface area contributed by atoms with E-state index < -0.39 is 9.85 Å². The lowest BCUT2D eigenvalue weighted by molar-refractivity contribution is -0.396. The van der Waals surface area contributed by atoms with Gasteiger partial charge in [0.05, 0.1) is 20.8 Å². The molecule has 0 fully saturated rings. The van der Waals surface area contributed by atoms with Crippen LogP contribution < -0.4 is 0 Å². The van der Waals surface area contributed by atoms with Crippen molar-refractivity contribution in [1.82, 2.24) is 4.98 Å². The number of hydrogen-bond donors (Lipinski definition) is 0. The molecular weight excluding hydrogens is 294 g/mol. The third-order valence-corrected chi connectivity index (χ3v) is 3.76. The summed E-state index contributed by atoms with van der Waals surface area (Å²) in [5.41, 5.74) is 0.376. The molecule has 1 heterocycles. The quantitative estimate of drug-likeness (QED) is 0.461. The summed E-state index contributed by atoms with van der Waals surface area (Å²) in [6, 6.07) is 9.25. The fraction of sp³-hybridized carbons (Fsp3) is 0.154. The topological polar surface area (TPSA) is 99.2 Å². The molecule has 0 unspecified atom stereocenters. The molecule has 108 valence electrons. The maximum atomic E-state index is 11.0. The Hall–Kier alpha value is -2.48. The van der Waals surface area contributed by atoms with Crippen LogP contribution in [0.15, 0.2) is 47.5 Å². The molecule has 2 rings (SSSR count). The smallest absolute Gasteiger partial charge is 0.261 e. The molecule has 2 aromatic rings. The summed E-state index contributed by atoms with van der Waals surface area (Å²) in [4.78, 5) is 25.0. The highest BCUT2D eigenvalue weighted by molar-refractivity contribution is 7.99. The van der Waals surface area contributed by atoms with Crippen molar-refractivity contribution >= 4 is 23.1 Å². The molecule has 7 nitrogen and oxygen atoms in total. The molecule has 8 heteroatoms. The second kappa shape index (κ2) is 6.80. The van der Waals surface area contributed by atoms with Crippen LogP contribution in [0, 0.1) is 20.2 Å². The van der Waals surface area contributed by atoms with Crippen molar-refractivity contribution in [1.29, 1.82) is 0 Å². The molecular formula is C13H11N3O4S. The molecule has 0 atom stereocenters. The normalized spacial score (nSPS) is 10.3. The van der Waals surface area contributed by atoms with E-state index >= 15 is 0 Å². The minimum absolute atomic E-state index is 0.241. The number of pyridine rings is 1. The number of benzene rings is 1. The average Bonchev–Trinajstić information content (AvgIpc) is 2.48. The van der Waals surface area contributed by atoms with Crippen LogP contribution in [0.5, 0.6) is 0 Å². The van der Waals surface area contributed by atoms with E-state index in [1.54, 1.807) is 6.20 Å². The fourth-order valence-corrected chi connectivity index (χ4v) is 2.67. The Morgan fingerprint density at radius 2 is 1.90 bits per heavy atom. The molecule has 0 bridgehead atoms. The van der Waals surface area contributed by atoms with E-state index in [1.807, 2.05) is 18.2 Å². The lowest BCUT2D eigenvalue weighted by atomic mass is 10.3. The van der Waals surface area contributed by atoms with Crippen molar-refractivity contribution in [3.8, 4) is 0 Å². The number of thioether (sulfide) groups is 1. The summed E-state index contributed by atoms with van der Waals surface area (Å²) in [6.45, 7) is 0. The van der Waals surface area contributed by atoms with Gasteiger partial charge in [-0.1, -0.05) is 6.07 Å². The van der Waals surface area contributed by atoms with Crippen LogP contribution in [0.1, 0.15) is 5.69 Å². The Bertz CT molecular complexity index is 664. The highest BCUT2D eigenvalue weighted by Gasteiger charge is 2.19. The minimum atomic E-state index is -0.644.